The van der Waals surface area contributed by atoms with Gasteiger partial charge in [-0.2, -0.15) is 0 Å². The lowest BCUT2D eigenvalue weighted by Crippen LogP contribution is -2.30. The molecular weight excluding hydrogens is 346 g/mol. The second-order valence-electron chi connectivity index (χ2n) is 5.34. The molecule has 25 heavy (non-hydrogen) atoms. The number of aromatic hydroxyl groups is 1. The Bertz CT molecular complexity index is 761. The summed E-state index contributed by atoms with van der Waals surface area (Å²) in [5.74, 6) is -1.01. The summed E-state index contributed by atoms with van der Waals surface area (Å²) in [6.07, 6.45) is 0. The molecule has 0 aliphatic heterocycles. The van der Waals surface area contributed by atoms with Crippen molar-refractivity contribution in [2.75, 3.05) is 20.8 Å². The SMILES string of the molecule is COc1ccc(C(=O)OCC(=O)N(C)Cc2ccc(Cl)cc2)c(O)c1. The Morgan fingerprint density at radius 2 is 1.84 bits per heavy atom. The maximum atomic E-state index is 12.1. The van der Waals surface area contributed by atoms with Crippen LogP contribution in [0, 0.1) is 0 Å². The fourth-order valence-corrected chi connectivity index (χ4v) is 2.20. The van der Waals surface area contributed by atoms with Crippen LogP contribution in [0.25, 0.3) is 0 Å². The van der Waals surface area contributed by atoms with E-state index < -0.39 is 12.6 Å². The molecule has 7 heteroatoms. The summed E-state index contributed by atoms with van der Waals surface area (Å²) in [4.78, 5) is 25.5. The fourth-order valence-electron chi connectivity index (χ4n) is 2.08. The molecule has 0 saturated heterocycles. The van der Waals surface area contributed by atoms with Crippen LogP contribution in [0.3, 0.4) is 0 Å². The van der Waals surface area contributed by atoms with Crippen LogP contribution in [-0.4, -0.2) is 42.6 Å². The van der Waals surface area contributed by atoms with Gasteiger partial charge in [0.2, 0.25) is 0 Å². The van der Waals surface area contributed by atoms with Crippen molar-refractivity contribution in [2.24, 2.45) is 0 Å². The van der Waals surface area contributed by atoms with E-state index in [0.717, 1.165) is 5.56 Å². The maximum absolute atomic E-state index is 12.1. The number of nitrogens with zero attached hydrogens (tertiary/aromatic N) is 1. The molecule has 1 N–H and O–H groups in total. The van der Waals surface area contributed by atoms with Gasteiger partial charge in [0, 0.05) is 24.7 Å². The molecule has 0 atom stereocenters. The van der Waals surface area contributed by atoms with Gasteiger partial charge in [0.15, 0.2) is 6.61 Å². The van der Waals surface area contributed by atoms with Crippen molar-refractivity contribution in [2.45, 2.75) is 6.54 Å². The Balaban J connectivity index is 1.90. The van der Waals surface area contributed by atoms with E-state index in [4.69, 9.17) is 21.1 Å². The summed E-state index contributed by atoms with van der Waals surface area (Å²) in [6.45, 7) is -0.0598. The lowest BCUT2D eigenvalue weighted by atomic mass is 10.2. The van der Waals surface area contributed by atoms with Gasteiger partial charge in [-0.1, -0.05) is 23.7 Å². The summed E-state index contributed by atoms with van der Waals surface area (Å²) in [6, 6.07) is 11.3. The zero-order valence-electron chi connectivity index (χ0n) is 13.9. The van der Waals surface area contributed by atoms with Gasteiger partial charge in [-0.3, -0.25) is 4.79 Å². The minimum atomic E-state index is -0.784. The van der Waals surface area contributed by atoms with Crippen molar-refractivity contribution >= 4 is 23.5 Å². The molecule has 0 bridgehead atoms. The van der Waals surface area contributed by atoms with Crippen LogP contribution in [0.15, 0.2) is 42.5 Å². The highest BCUT2D eigenvalue weighted by molar-refractivity contribution is 6.30. The zero-order chi connectivity index (χ0) is 18.4. The molecule has 0 saturated carbocycles. The number of carbonyl (C=O) groups excluding carboxylic acids is 2. The second kappa shape index (κ2) is 8.39. The monoisotopic (exact) mass is 363 g/mol. The van der Waals surface area contributed by atoms with Crippen LogP contribution >= 0.6 is 11.6 Å². The van der Waals surface area contributed by atoms with Crippen molar-refractivity contribution < 1.29 is 24.2 Å². The second-order valence-corrected chi connectivity index (χ2v) is 5.77. The van der Waals surface area contributed by atoms with E-state index in [-0.39, 0.29) is 17.2 Å². The first-order valence-corrected chi connectivity index (χ1v) is 7.81. The van der Waals surface area contributed by atoms with E-state index in [1.54, 1.807) is 19.2 Å². The van der Waals surface area contributed by atoms with Gasteiger partial charge in [0.1, 0.15) is 17.1 Å². The van der Waals surface area contributed by atoms with Crippen molar-refractivity contribution in [3.8, 4) is 11.5 Å². The minimum Gasteiger partial charge on any atom is -0.507 e. The summed E-state index contributed by atoms with van der Waals surface area (Å²) in [5, 5.41) is 10.4. The van der Waals surface area contributed by atoms with Gasteiger partial charge in [-0.05, 0) is 29.8 Å². The number of benzene rings is 2. The van der Waals surface area contributed by atoms with E-state index in [1.807, 2.05) is 12.1 Å². The molecule has 0 fully saturated rings. The Morgan fingerprint density at radius 1 is 1.16 bits per heavy atom. The highest BCUT2D eigenvalue weighted by Gasteiger charge is 2.17. The van der Waals surface area contributed by atoms with Crippen molar-refractivity contribution in [1.29, 1.82) is 0 Å². The van der Waals surface area contributed by atoms with E-state index in [0.29, 0.717) is 17.3 Å². The van der Waals surface area contributed by atoms with Crippen LogP contribution in [-0.2, 0) is 16.1 Å². The molecule has 0 heterocycles. The van der Waals surface area contributed by atoms with Gasteiger partial charge in [0.05, 0.1) is 7.11 Å². The minimum absolute atomic E-state index is 0.0334. The average Bonchev–Trinajstić information content (AvgIpc) is 2.61. The third-order valence-electron chi connectivity index (χ3n) is 3.51. The molecule has 6 nitrogen and oxygen atoms in total. The van der Waals surface area contributed by atoms with Gasteiger partial charge >= 0.3 is 5.97 Å². The van der Waals surface area contributed by atoms with E-state index in [2.05, 4.69) is 0 Å². The summed E-state index contributed by atoms with van der Waals surface area (Å²) < 4.78 is 9.91. The third kappa shape index (κ3) is 5.12. The smallest absolute Gasteiger partial charge is 0.342 e. The normalized spacial score (nSPS) is 10.2. The van der Waals surface area contributed by atoms with E-state index in [9.17, 15) is 14.7 Å². The zero-order valence-corrected chi connectivity index (χ0v) is 14.6. The quantitative estimate of drug-likeness (QED) is 0.799. The molecule has 0 aliphatic carbocycles. The number of phenols is 1. The predicted octanol–water partition coefficient (Wildman–Crippen LogP) is 2.87. The first-order chi connectivity index (χ1) is 11.9. The summed E-state index contributed by atoms with van der Waals surface area (Å²) in [5.41, 5.74) is 0.869. The van der Waals surface area contributed by atoms with Crippen LogP contribution in [0.4, 0.5) is 0 Å². The lowest BCUT2D eigenvalue weighted by Gasteiger charge is -2.17. The number of amides is 1. The highest BCUT2D eigenvalue weighted by atomic mass is 35.5. The number of halogens is 1. The largest absolute Gasteiger partial charge is 0.507 e. The summed E-state index contributed by atoms with van der Waals surface area (Å²) >= 11 is 5.82. The molecule has 0 aliphatic rings. The number of hydrogen-bond donors (Lipinski definition) is 1. The topological polar surface area (TPSA) is 76.1 Å². The highest BCUT2D eigenvalue weighted by Crippen LogP contribution is 2.24. The van der Waals surface area contributed by atoms with Gasteiger partial charge < -0.3 is 19.5 Å². The first kappa shape index (κ1) is 18.6. The Morgan fingerprint density at radius 3 is 2.44 bits per heavy atom. The first-order valence-electron chi connectivity index (χ1n) is 7.43. The van der Waals surface area contributed by atoms with Crippen molar-refractivity contribution in [3.63, 3.8) is 0 Å². The molecule has 0 aromatic heterocycles. The molecule has 2 aromatic carbocycles. The molecular formula is C18H18ClNO5. The molecule has 2 aromatic rings. The number of phenolic OH excluding ortho intramolecular Hbond substituents is 1. The molecule has 0 radical (unpaired) electrons. The van der Waals surface area contributed by atoms with Gasteiger partial charge in [-0.25, -0.2) is 4.79 Å². The van der Waals surface area contributed by atoms with E-state index in [1.165, 1.54) is 30.2 Å². The summed E-state index contributed by atoms with van der Waals surface area (Å²) in [7, 11) is 3.05. The fraction of sp³-hybridized carbons (Fsp3) is 0.222. The predicted molar refractivity (Wildman–Crippen MR) is 92.9 cm³/mol. The van der Waals surface area contributed by atoms with Crippen LogP contribution in [0.1, 0.15) is 15.9 Å². The number of esters is 1. The lowest BCUT2D eigenvalue weighted by molar-refractivity contribution is -0.133. The van der Waals surface area contributed by atoms with Gasteiger partial charge in [0.25, 0.3) is 5.91 Å². The molecule has 2 rings (SSSR count). The number of likely N-dealkylation sites (N-methyl/N-ethyl adjacent to an activating group) is 1. The average molecular weight is 364 g/mol. The molecule has 132 valence electrons. The van der Waals surface area contributed by atoms with Crippen LogP contribution in [0.5, 0.6) is 11.5 Å². The number of ether oxygens (including phenoxy) is 2. The number of hydrogen-bond acceptors (Lipinski definition) is 5. The molecule has 1 amide bonds. The van der Waals surface area contributed by atoms with E-state index >= 15 is 0 Å². The Kier molecular flexibility index (Phi) is 6.25. The number of carbonyl (C=O) groups is 2. The standard InChI is InChI=1S/C18H18ClNO5/c1-20(10-12-3-5-13(19)6-4-12)17(22)11-25-18(23)15-8-7-14(24-2)9-16(15)21/h3-9,21H,10-11H2,1-2H3. The molecule has 0 spiro atoms. The van der Waals surface area contributed by atoms with Crippen molar-refractivity contribution in [1.82, 2.24) is 4.90 Å². The van der Waals surface area contributed by atoms with Crippen molar-refractivity contribution in [3.05, 3.63) is 58.6 Å². The van der Waals surface area contributed by atoms with Crippen LogP contribution in [0.2, 0.25) is 5.02 Å². The number of methoxy groups -OCH3 is 1. The Labute approximate surface area is 150 Å². The maximum Gasteiger partial charge on any atom is 0.342 e. The number of rotatable bonds is 6. The molecule has 0 unspecified atom stereocenters. The third-order valence-corrected chi connectivity index (χ3v) is 3.76. The van der Waals surface area contributed by atoms with Crippen LogP contribution < -0.4 is 4.74 Å². The Hall–Kier alpha value is -2.73. The van der Waals surface area contributed by atoms with Gasteiger partial charge in [-0.15, -0.1) is 0 Å².